The van der Waals surface area contributed by atoms with Crippen LogP contribution in [0.15, 0.2) is 0 Å². The van der Waals surface area contributed by atoms with E-state index in [1.807, 2.05) is 0 Å². The molecule has 0 spiro atoms. The Hall–Kier alpha value is -0.740. The van der Waals surface area contributed by atoms with Gasteiger partial charge >= 0.3 is 0 Å². The van der Waals surface area contributed by atoms with Gasteiger partial charge < -0.3 is 0 Å². The SMILES string of the molecule is CC(=O)CC(=O)CCCCOO. The first kappa shape index (κ1) is 11.3. The summed E-state index contributed by atoms with van der Waals surface area (Å²) >= 11 is 0. The van der Waals surface area contributed by atoms with Crippen LogP contribution in [-0.4, -0.2) is 23.4 Å². The maximum Gasteiger partial charge on any atom is 0.140 e. The van der Waals surface area contributed by atoms with E-state index >= 15 is 0 Å². The zero-order chi connectivity index (χ0) is 9.40. The molecule has 4 heteroatoms. The third-order valence-corrected chi connectivity index (χ3v) is 1.39. The van der Waals surface area contributed by atoms with Crippen LogP contribution in [0.2, 0.25) is 0 Å². The van der Waals surface area contributed by atoms with Gasteiger partial charge in [0.1, 0.15) is 11.6 Å². The molecule has 0 radical (unpaired) electrons. The van der Waals surface area contributed by atoms with Crippen LogP contribution in [0.1, 0.15) is 32.6 Å². The number of rotatable bonds is 7. The highest BCUT2D eigenvalue weighted by Gasteiger charge is 2.04. The lowest BCUT2D eigenvalue weighted by atomic mass is 10.1. The summed E-state index contributed by atoms with van der Waals surface area (Å²) in [4.78, 5) is 25.2. The van der Waals surface area contributed by atoms with Crippen molar-refractivity contribution in [3.8, 4) is 0 Å². The number of carbonyl (C=O) groups excluding carboxylic acids is 2. The van der Waals surface area contributed by atoms with E-state index in [0.717, 1.165) is 0 Å². The van der Waals surface area contributed by atoms with Crippen LogP contribution in [0.4, 0.5) is 0 Å². The summed E-state index contributed by atoms with van der Waals surface area (Å²) in [5, 5.41) is 7.94. The van der Waals surface area contributed by atoms with Gasteiger partial charge in [-0.2, -0.15) is 0 Å². The van der Waals surface area contributed by atoms with Gasteiger partial charge in [-0.1, -0.05) is 0 Å². The monoisotopic (exact) mass is 174 g/mol. The molecule has 0 aliphatic rings. The molecule has 0 aromatic rings. The van der Waals surface area contributed by atoms with E-state index in [1.54, 1.807) is 0 Å². The first-order valence-corrected chi connectivity index (χ1v) is 3.94. The molecule has 0 bridgehead atoms. The van der Waals surface area contributed by atoms with Crippen molar-refractivity contribution in [1.82, 2.24) is 0 Å². The lowest BCUT2D eigenvalue weighted by molar-refractivity contribution is -0.242. The number of unbranched alkanes of at least 4 members (excludes halogenated alkanes) is 1. The Morgan fingerprint density at radius 2 is 2.00 bits per heavy atom. The number of ketones is 2. The average Bonchev–Trinajstić information content (AvgIpc) is 1.97. The lowest BCUT2D eigenvalue weighted by Crippen LogP contribution is -2.04. The highest BCUT2D eigenvalue weighted by atomic mass is 17.1. The van der Waals surface area contributed by atoms with E-state index in [0.29, 0.717) is 19.3 Å². The van der Waals surface area contributed by atoms with Gasteiger partial charge in [0.25, 0.3) is 0 Å². The summed E-state index contributed by atoms with van der Waals surface area (Å²) in [5.41, 5.74) is 0. The summed E-state index contributed by atoms with van der Waals surface area (Å²) in [5.74, 6) is -0.140. The molecule has 0 amide bonds. The van der Waals surface area contributed by atoms with Crippen LogP contribution in [0.5, 0.6) is 0 Å². The van der Waals surface area contributed by atoms with E-state index < -0.39 is 0 Å². The van der Waals surface area contributed by atoms with E-state index in [9.17, 15) is 9.59 Å². The molecule has 70 valence electrons. The second kappa shape index (κ2) is 6.94. The molecule has 12 heavy (non-hydrogen) atoms. The minimum Gasteiger partial charge on any atom is -0.300 e. The molecule has 0 aromatic heterocycles. The van der Waals surface area contributed by atoms with Gasteiger partial charge in [0.2, 0.25) is 0 Å². The van der Waals surface area contributed by atoms with Crippen molar-refractivity contribution < 1.29 is 19.7 Å². The van der Waals surface area contributed by atoms with Crippen LogP contribution in [0, 0.1) is 0 Å². The predicted molar refractivity (Wildman–Crippen MR) is 42.7 cm³/mol. The molecular formula is C8H14O4. The zero-order valence-electron chi connectivity index (χ0n) is 7.21. The first-order valence-electron chi connectivity index (χ1n) is 3.94. The number of Topliss-reactive ketones (excluding diaryl/α,β-unsaturated/α-hetero) is 2. The minimum absolute atomic E-state index is 0.0278. The maximum atomic E-state index is 10.9. The average molecular weight is 174 g/mol. The van der Waals surface area contributed by atoms with Gasteiger partial charge in [-0.25, -0.2) is 4.89 Å². The third-order valence-electron chi connectivity index (χ3n) is 1.39. The summed E-state index contributed by atoms with van der Waals surface area (Å²) in [6.45, 7) is 1.64. The summed E-state index contributed by atoms with van der Waals surface area (Å²) < 4.78 is 0. The van der Waals surface area contributed by atoms with Crippen LogP contribution >= 0.6 is 0 Å². The molecule has 0 rings (SSSR count). The van der Waals surface area contributed by atoms with Gasteiger partial charge in [0.15, 0.2) is 0 Å². The zero-order valence-corrected chi connectivity index (χ0v) is 7.21. The van der Waals surface area contributed by atoms with Crippen LogP contribution in [0.25, 0.3) is 0 Å². The van der Waals surface area contributed by atoms with Crippen molar-refractivity contribution in [2.45, 2.75) is 32.6 Å². The van der Waals surface area contributed by atoms with E-state index in [2.05, 4.69) is 4.89 Å². The van der Waals surface area contributed by atoms with Crippen LogP contribution in [0.3, 0.4) is 0 Å². The summed E-state index contributed by atoms with van der Waals surface area (Å²) in [7, 11) is 0. The predicted octanol–water partition coefficient (Wildman–Crippen LogP) is 1.19. The topological polar surface area (TPSA) is 63.6 Å². The summed E-state index contributed by atoms with van der Waals surface area (Å²) in [6, 6.07) is 0. The Kier molecular flexibility index (Phi) is 6.51. The normalized spacial score (nSPS) is 9.83. The highest BCUT2D eigenvalue weighted by Crippen LogP contribution is 1.99. The van der Waals surface area contributed by atoms with Gasteiger partial charge in [-0.05, 0) is 19.8 Å². The molecule has 0 aliphatic carbocycles. The fourth-order valence-corrected chi connectivity index (χ4v) is 0.855. The quantitative estimate of drug-likeness (QED) is 0.272. The highest BCUT2D eigenvalue weighted by molar-refractivity contribution is 5.97. The van der Waals surface area contributed by atoms with Gasteiger partial charge in [0.05, 0.1) is 13.0 Å². The Bertz CT molecular complexity index is 153. The van der Waals surface area contributed by atoms with Gasteiger partial charge in [-0.15, -0.1) is 0 Å². The molecule has 0 heterocycles. The van der Waals surface area contributed by atoms with Crippen LogP contribution < -0.4 is 0 Å². The maximum absolute atomic E-state index is 10.9. The van der Waals surface area contributed by atoms with Crippen molar-refractivity contribution >= 4 is 11.6 Å². The number of carbonyl (C=O) groups is 2. The lowest BCUT2D eigenvalue weighted by Gasteiger charge is -1.97. The van der Waals surface area contributed by atoms with Crippen molar-refractivity contribution in [3.63, 3.8) is 0 Å². The fourth-order valence-electron chi connectivity index (χ4n) is 0.855. The van der Waals surface area contributed by atoms with Crippen molar-refractivity contribution in [1.29, 1.82) is 0 Å². The first-order chi connectivity index (χ1) is 5.66. The standard InChI is InChI=1S/C8H14O4/c1-7(9)6-8(10)4-2-3-5-12-11/h11H,2-6H2,1H3. The smallest absolute Gasteiger partial charge is 0.140 e. The summed E-state index contributed by atoms with van der Waals surface area (Å²) in [6.07, 6.45) is 1.72. The molecular weight excluding hydrogens is 160 g/mol. The Labute approximate surface area is 71.5 Å². The molecule has 0 atom stereocenters. The van der Waals surface area contributed by atoms with Crippen molar-refractivity contribution in [3.05, 3.63) is 0 Å². The van der Waals surface area contributed by atoms with Crippen LogP contribution in [-0.2, 0) is 14.5 Å². The molecule has 0 unspecified atom stereocenters. The minimum atomic E-state index is -0.0987. The number of hydrogen-bond donors (Lipinski definition) is 1. The molecule has 1 N–H and O–H groups in total. The molecule has 0 fully saturated rings. The second-order valence-electron chi connectivity index (χ2n) is 2.71. The van der Waals surface area contributed by atoms with Crippen molar-refractivity contribution in [2.24, 2.45) is 0 Å². The van der Waals surface area contributed by atoms with E-state index in [4.69, 9.17) is 5.26 Å². The molecule has 4 nitrogen and oxygen atoms in total. The van der Waals surface area contributed by atoms with E-state index in [1.165, 1.54) is 6.92 Å². The molecule has 0 aromatic carbocycles. The fraction of sp³-hybridized carbons (Fsp3) is 0.750. The molecule has 0 aliphatic heterocycles. The number of hydrogen-bond acceptors (Lipinski definition) is 4. The van der Waals surface area contributed by atoms with Gasteiger partial charge in [-0.3, -0.25) is 14.8 Å². The Morgan fingerprint density at radius 3 is 2.50 bits per heavy atom. The van der Waals surface area contributed by atoms with E-state index in [-0.39, 0.29) is 24.6 Å². The second-order valence-corrected chi connectivity index (χ2v) is 2.71. The largest absolute Gasteiger partial charge is 0.300 e. The third kappa shape index (κ3) is 7.37. The van der Waals surface area contributed by atoms with Crippen molar-refractivity contribution in [2.75, 3.05) is 6.61 Å². The van der Waals surface area contributed by atoms with Gasteiger partial charge in [0, 0.05) is 6.42 Å². The molecule has 0 saturated heterocycles. The molecule has 0 saturated carbocycles. The Morgan fingerprint density at radius 1 is 1.33 bits per heavy atom. The Balaban J connectivity index is 3.26.